The lowest BCUT2D eigenvalue weighted by Crippen LogP contribution is -2.28. The molecule has 0 aromatic rings. The zero-order valence-electron chi connectivity index (χ0n) is 12.2. The third-order valence-electron chi connectivity index (χ3n) is 3.97. The van der Waals surface area contributed by atoms with Gasteiger partial charge in [-0.15, -0.1) is 0 Å². The molecule has 1 rings (SSSR count). The van der Waals surface area contributed by atoms with E-state index in [1.165, 1.54) is 64.7 Å². The quantitative estimate of drug-likeness (QED) is 0.687. The molecule has 0 spiro atoms. The van der Waals surface area contributed by atoms with Crippen molar-refractivity contribution in [2.24, 2.45) is 5.92 Å². The maximum atomic E-state index is 3.49. The highest BCUT2D eigenvalue weighted by Crippen LogP contribution is 2.20. The van der Waals surface area contributed by atoms with Crippen LogP contribution in [0, 0.1) is 5.92 Å². The number of hydrogen-bond donors (Lipinski definition) is 1. The van der Waals surface area contributed by atoms with Crippen LogP contribution in [0.1, 0.15) is 59.3 Å². The van der Waals surface area contributed by atoms with Crippen LogP contribution in [-0.4, -0.2) is 37.1 Å². The van der Waals surface area contributed by atoms with Gasteiger partial charge in [-0.1, -0.05) is 27.2 Å². The molecule has 0 bridgehead atoms. The van der Waals surface area contributed by atoms with Gasteiger partial charge < -0.3 is 10.2 Å². The van der Waals surface area contributed by atoms with Crippen LogP contribution in [0.25, 0.3) is 0 Å². The van der Waals surface area contributed by atoms with E-state index in [2.05, 4.69) is 31.0 Å². The van der Waals surface area contributed by atoms with Crippen LogP contribution in [0.5, 0.6) is 0 Å². The molecule has 0 radical (unpaired) electrons. The second kappa shape index (κ2) is 8.93. The molecule has 0 aromatic carbocycles. The standard InChI is InChI=1S/C15H32N2/c1-4-15-8-7-12-17(13-9-15)11-6-5-10-16-14(2)3/h14-16H,4-13H2,1-3H3. The maximum Gasteiger partial charge on any atom is 0.00103 e. The summed E-state index contributed by atoms with van der Waals surface area (Å²) < 4.78 is 0. The van der Waals surface area contributed by atoms with Gasteiger partial charge in [-0.25, -0.2) is 0 Å². The van der Waals surface area contributed by atoms with Crippen LogP contribution >= 0.6 is 0 Å². The summed E-state index contributed by atoms with van der Waals surface area (Å²) in [6, 6.07) is 0.637. The Kier molecular flexibility index (Phi) is 7.87. The van der Waals surface area contributed by atoms with E-state index >= 15 is 0 Å². The smallest absolute Gasteiger partial charge is 0.00103 e. The molecule has 1 saturated heterocycles. The lowest BCUT2D eigenvalue weighted by atomic mass is 9.98. The van der Waals surface area contributed by atoms with Crippen molar-refractivity contribution in [3.63, 3.8) is 0 Å². The zero-order valence-corrected chi connectivity index (χ0v) is 12.2. The molecule has 102 valence electrons. The molecule has 1 N–H and O–H groups in total. The molecule has 2 nitrogen and oxygen atoms in total. The van der Waals surface area contributed by atoms with E-state index in [9.17, 15) is 0 Å². The number of nitrogens with one attached hydrogen (secondary N) is 1. The van der Waals surface area contributed by atoms with Gasteiger partial charge in [0, 0.05) is 6.04 Å². The lowest BCUT2D eigenvalue weighted by Gasteiger charge is -2.20. The lowest BCUT2D eigenvalue weighted by molar-refractivity contribution is 0.273. The monoisotopic (exact) mass is 240 g/mol. The summed E-state index contributed by atoms with van der Waals surface area (Å²) in [6.45, 7) is 12.0. The molecule has 1 fully saturated rings. The van der Waals surface area contributed by atoms with Gasteiger partial charge >= 0.3 is 0 Å². The fourth-order valence-electron chi connectivity index (χ4n) is 2.71. The average molecular weight is 240 g/mol. The summed E-state index contributed by atoms with van der Waals surface area (Å²) in [6.07, 6.45) is 8.37. The number of unbranched alkanes of at least 4 members (excludes halogenated alkanes) is 1. The van der Waals surface area contributed by atoms with Gasteiger partial charge in [-0.2, -0.15) is 0 Å². The van der Waals surface area contributed by atoms with E-state index < -0.39 is 0 Å². The highest BCUT2D eigenvalue weighted by Gasteiger charge is 2.14. The fourth-order valence-corrected chi connectivity index (χ4v) is 2.71. The Labute approximate surface area is 108 Å². The number of nitrogens with zero attached hydrogens (tertiary/aromatic N) is 1. The Bertz CT molecular complexity index is 180. The Morgan fingerprint density at radius 3 is 2.71 bits per heavy atom. The molecule has 17 heavy (non-hydrogen) atoms. The summed E-state index contributed by atoms with van der Waals surface area (Å²) in [4.78, 5) is 2.69. The van der Waals surface area contributed by atoms with E-state index in [1.807, 2.05) is 0 Å². The van der Waals surface area contributed by atoms with Crippen LogP contribution in [0.15, 0.2) is 0 Å². The number of likely N-dealkylation sites (tertiary alicyclic amines) is 1. The highest BCUT2D eigenvalue weighted by atomic mass is 15.1. The van der Waals surface area contributed by atoms with Crippen LogP contribution in [-0.2, 0) is 0 Å². The molecule has 0 aliphatic carbocycles. The van der Waals surface area contributed by atoms with Crippen LogP contribution in [0.4, 0.5) is 0 Å². The minimum absolute atomic E-state index is 0.637. The molecule has 0 aromatic heterocycles. The largest absolute Gasteiger partial charge is 0.315 e. The summed E-state index contributed by atoms with van der Waals surface area (Å²) in [5.41, 5.74) is 0. The third-order valence-corrected chi connectivity index (χ3v) is 3.97. The van der Waals surface area contributed by atoms with Crippen molar-refractivity contribution in [1.29, 1.82) is 0 Å². The van der Waals surface area contributed by atoms with Gasteiger partial charge in [0.2, 0.25) is 0 Å². The Morgan fingerprint density at radius 1 is 1.18 bits per heavy atom. The first-order valence-corrected chi connectivity index (χ1v) is 7.68. The van der Waals surface area contributed by atoms with Crippen molar-refractivity contribution in [2.75, 3.05) is 26.2 Å². The normalized spacial score (nSPS) is 22.9. The molecule has 1 aliphatic heterocycles. The Balaban J connectivity index is 2.03. The Morgan fingerprint density at radius 2 is 2.00 bits per heavy atom. The van der Waals surface area contributed by atoms with Gasteiger partial charge in [-0.05, 0) is 64.2 Å². The fraction of sp³-hybridized carbons (Fsp3) is 1.00. The number of hydrogen-bond acceptors (Lipinski definition) is 2. The molecule has 0 amide bonds. The molecule has 1 aliphatic rings. The zero-order chi connectivity index (χ0) is 12.5. The third kappa shape index (κ3) is 7.05. The first-order chi connectivity index (χ1) is 8.22. The van der Waals surface area contributed by atoms with Crippen LogP contribution < -0.4 is 5.32 Å². The maximum absolute atomic E-state index is 3.49. The van der Waals surface area contributed by atoms with Crippen LogP contribution in [0.2, 0.25) is 0 Å². The predicted molar refractivity (Wildman–Crippen MR) is 76.4 cm³/mol. The summed E-state index contributed by atoms with van der Waals surface area (Å²) >= 11 is 0. The second-order valence-electron chi connectivity index (χ2n) is 5.86. The van der Waals surface area contributed by atoms with E-state index in [-0.39, 0.29) is 0 Å². The minimum atomic E-state index is 0.637. The van der Waals surface area contributed by atoms with Gasteiger partial charge in [0.15, 0.2) is 0 Å². The van der Waals surface area contributed by atoms with Crippen molar-refractivity contribution < 1.29 is 0 Å². The molecule has 1 heterocycles. The second-order valence-corrected chi connectivity index (χ2v) is 5.86. The first-order valence-electron chi connectivity index (χ1n) is 7.68. The van der Waals surface area contributed by atoms with Gasteiger partial charge in [0.25, 0.3) is 0 Å². The SMILES string of the molecule is CCC1CCCN(CCCCNC(C)C)CC1. The first kappa shape index (κ1) is 15.0. The van der Waals surface area contributed by atoms with Crippen molar-refractivity contribution in [1.82, 2.24) is 10.2 Å². The summed E-state index contributed by atoms with van der Waals surface area (Å²) in [5, 5.41) is 3.49. The van der Waals surface area contributed by atoms with Gasteiger partial charge in [0.1, 0.15) is 0 Å². The van der Waals surface area contributed by atoms with Crippen molar-refractivity contribution in [3.8, 4) is 0 Å². The molecular weight excluding hydrogens is 208 g/mol. The molecule has 1 unspecified atom stereocenters. The summed E-state index contributed by atoms with van der Waals surface area (Å²) in [7, 11) is 0. The van der Waals surface area contributed by atoms with E-state index in [0.29, 0.717) is 6.04 Å². The molecule has 1 atom stereocenters. The van der Waals surface area contributed by atoms with Gasteiger partial charge in [-0.3, -0.25) is 0 Å². The molecular formula is C15H32N2. The van der Waals surface area contributed by atoms with Crippen molar-refractivity contribution in [2.45, 2.75) is 65.3 Å². The van der Waals surface area contributed by atoms with Gasteiger partial charge in [0.05, 0.1) is 0 Å². The molecule has 0 saturated carbocycles. The van der Waals surface area contributed by atoms with Crippen molar-refractivity contribution in [3.05, 3.63) is 0 Å². The average Bonchev–Trinajstić information content (AvgIpc) is 2.53. The predicted octanol–water partition coefficient (Wildman–Crippen LogP) is 3.28. The summed E-state index contributed by atoms with van der Waals surface area (Å²) in [5.74, 6) is 1.00. The van der Waals surface area contributed by atoms with E-state index in [1.54, 1.807) is 0 Å². The molecule has 2 heteroatoms. The minimum Gasteiger partial charge on any atom is -0.315 e. The van der Waals surface area contributed by atoms with E-state index in [0.717, 1.165) is 5.92 Å². The number of rotatable bonds is 7. The van der Waals surface area contributed by atoms with Crippen molar-refractivity contribution >= 4 is 0 Å². The van der Waals surface area contributed by atoms with E-state index in [4.69, 9.17) is 0 Å². The Hall–Kier alpha value is -0.0800. The highest BCUT2D eigenvalue weighted by molar-refractivity contribution is 4.69. The van der Waals surface area contributed by atoms with Crippen LogP contribution in [0.3, 0.4) is 0 Å². The topological polar surface area (TPSA) is 15.3 Å².